The van der Waals surface area contributed by atoms with Gasteiger partial charge >= 0.3 is 5.69 Å². The van der Waals surface area contributed by atoms with Crippen LogP contribution in [0.25, 0.3) is 16.9 Å². The molecule has 4 aromatic rings. The molecular weight excluding hydrogens is 559 g/mol. The van der Waals surface area contributed by atoms with E-state index in [1.165, 1.54) is 32.4 Å². The zero-order valence-corrected chi connectivity index (χ0v) is 22.2. The third-order valence-electron chi connectivity index (χ3n) is 5.59. The number of halogens is 4. The maximum absolute atomic E-state index is 14.6. The lowest BCUT2D eigenvalue weighted by Crippen LogP contribution is -2.28. The molecule has 0 saturated heterocycles. The van der Waals surface area contributed by atoms with Gasteiger partial charge in [0.25, 0.3) is 5.91 Å². The van der Waals surface area contributed by atoms with Gasteiger partial charge in [0.15, 0.2) is 41.2 Å². The minimum Gasteiger partial charge on any atom is -0.496 e. The molecule has 0 aliphatic rings. The topological polar surface area (TPSA) is 130 Å². The molecule has 0 aliphatic heterocycles. The number of likely N-dealkylation sites (N-methyl/N-ethyl adjacent to an activating group) is 1. The standard InChI is InChI=1S/C25H23ClF3N5O6/c1-4-30-20(35)11-40-17-7-13(26)15(8-18(17)39-10-12-16(37-2)6-5-14(28)21(12)29)34-23-22(33-25(34)36)24(38-3)32-19(9-27)31-23/h5-8H,4,9-11H2,1-3H3,(H,30,35)(H,33,36). The first-order valence-corrected chi connectivity index (χ1v) is 12.1. The van der Waals surface area contributed by atoms with E-state index in [2.05, 4.69) is 20.3 Å². The second-order valence-corrected chi connectivity index (χ2v) is 8.48. The maximum Gasteiger partial charge on any atom is 0.332 e. The van der Waals surface area contributed by atoms with Crippen molar-refractivity contribution in [1.29, 1.82) is 0 Å². The Kier molecular flexibility index (Phi) is 8.67. The Hall–Kier alpha value is -4.46. The molecule has 15 heteroatoms. The van der Waals surface area contributed by atoms with E-state index >= 15 is 0 Å². The van der Waals surface area contributed by atoms with Crippen molar-refractivity contribution >= 4 is 28.7 Å². The number of imidazole rings is 1. The lowest BCUT2D eigenvalue weighted by Gasteiger charge is -2.17. The molecule has 4 rings (SSSR count). The van der Waals surface area contributed by atoms with E-state index in [9.17, 15) is 22.8 Å². The van der Waals surface area contributed by atoms with Gasteiger partial charge in [0.2, 0.25) is 5.88 Å². The smallest absolute Gasteiger partial charge is 0.332 e. The van der Waals surface area contributed by atoms with Crippen molar-refractivity contribution in [2.75, 3.05) is 27.4 Å². The molecule has 0 saturated carbocycles. The van der Waals surface area contributed by atoms with Crippen molar-refractivity contribution in [3.63, 3.8) is 0 Å². The minimum absolute atomic E-state index is 0.00974. The van der Waals surface area contributed by atoms with E-state index < -0.39 is 43.1 Å². The number of nitrogens with one attached hydrogen (secondary N) is 2. The Labute approximate surface area is 229 Å². The molecule has 0 atom stereocenters. The summed E-state index contributed by atoms with van der Waals surface area (Å²) in [5, 5.41) is 2.52. The van der Waals surface area contributed by atoms with Crippen LogP contribution >= 0.6 is 11.6 Å². The van der Waals surface area contributed by atoms with Gasteiger partial charge in [-0.05, 0) is 19.1 Å². The number of benzene rings is 2. The molecule has 1 amide bonds. The van der Waals surface area contributed by atoms with Crippen LogP contribution in [0, 0.1) is 11.6 Å². The van der Waals surface area contributed by atoms with E-state index in [0.29, 0.717) is 6.54 Å². The van der Waals surface area contributed by atoms with Gasteiger partial charge in [-0.2, -0.15) is 4.98 Å². The van der Waals surface area contributed by atoms with Crippen molar-refractivity contribution < 1.29 is 36.9 Å². The van der Waals surface area contributed by atoms with Crippen molar-refractivity contribution in [2.24, 2.45) is 0 Å². The molecule has 0 spiro atoms. The summed E-state index contributed by atoms with van der Waals surface area (Å²) in [4.78, 5) is 35.5. The molecule has 2 N–H and O–H groups in total. The minimum atomic E-state index is -1.19. The number of hydrogen-bond acceptors (Lipinski definition) is 8. The van der Waals surface area contributed by atoms with E-state index in [-0.39, 0.29) is 56.4 Å². The second-order valence-electron chi connectivity index (χ2n) is 8.07. The van der Waals surface area contributed by atoms with Crippen molar-refractivity contribution in [2.45, 2.75) is 20.2 Å². The van der Waals surface area contributed by atoms with Crippen molar-refractivity contribution in [3.8, 4) is 28.8 Å². The normalized spacial score (nSPS) is 11.0. The zero-order chi connectivity index (χ0) is 29.0. The van der Waals surface area contributed by atoms with Gasteiger partial charge < -0.3 is 24.3 Å². The quantitative estimate of drug-likeness (QED) is 0.275. The van der Waals surface area contributed by atoms with Crippen LogP contribution in [0.5, 0.6) is 23.1 Å². The SMILES string of the molecule is CCNC(=O)COc1cc(Cl)c(-n2c(=O)[nH]c3c(OC)nc(CF)nc32)cc1OCc1c(OC)ccc(F)c1F. The van der Waals surface area contributed by atoms with Crippen LogP contribution in [-0.2, 0) is 18.1 Å². The van der Waals surface area contributed by atoms with Crippen LogP contribution in [0.1, 0.15) is 18.3 Å². The van der Waals surface area contributed by atoms with Crippen LogP contribution in [-0.4, -0.2) is 52.8 Å². The number of ether oxygens (including phenoxy) is 4. The molecule has 2 heterocycles. The largest absolute Gasteiger partial charge is 0.496 e. The summed E-state index contributed by atoms with van der Waals surface area (Å²) in [7, 11) is 2.57. The number of amides is 1. The monoisotopic (exact) mass is 581 g/mol. The fourth-order valence-electron chi connectivity index (χ4n) is 3.80. The number of rotatable bonds is 11. The molecule has 2 aromatic carbocycles. The number of aromatic nitrogens is 4. The second kappa shape index (κ2) is 12.2. The van der Waals surface area contributed by atoms with E-state index in [0.717, 1.165) is 10.6 Å². The third kappa shape index (κ3) is 5.61. The molecule has 40 heavy (non-hydrogen) atoms. The average Bonchev–Trinajstić information content (AvgIpc) is 3.28. The summed E-state index contributed by atoms with van der Waals surface area (Å²) < 4.78 is 64.6. The lowest BCUT2D eigenvalue weighted by molar-refractivity contribution is -0.123. The Morgan fingerprint density at radius 1 is 1.10 bits per heavy atom. The molecule has 2 aromatic heterocycles. The van der Waals surface area contributed by atoms with E-state index in [4.69, 9.17) is 30.5 Å². The van der Waals surface area contributed by atoms with Gasteiger partial charge in [-0.1, -0.05) is 11.6 Å². The molecule has 0 unspecified atom stereocenters. The van der Waals surface area contributed by atoms with Crippen LogP contribution in [0.4, 0.5) is 13.2 Å². The summed E-state index contributed by atoms with van der Waals surface area (Å²) in [6, 6.07) is 4.68. The van der Waals surface area contributed by atoms with Crippen LogP contribution in [0.3, 0.4) is 0 Å². The number of methoxy groups -OCH3 is 2. The van der Waals surface area contributed by atoms with Crippen LogP contribution in [0.2, 0.25) is 5.02 Å². The highest BCUT2D eigenvalue weighted by atomic mass is 35.5. The highest BCUT2D eigenvalue weighted by Gasteiger charge is 2.22. The molecular formula is C25H23ClF3N5O6. The number of fused-ring (bicyclic) bond motifs is 1. The Bertz CT molecular complexity index is 1630. The fraction of sp³-hybridized carbons (Fsp3) is 0.280. The predicted molar refractivity (Wildman–Crippen MR) is 137 cm³/mol. The summed E-state index contributed by atoms with van der Waals surface area (Å²) in [5.74, 6) is -3.19. The fourth-order valence-corrected chi connectivity index (χ4v) is 4.03. The third-order valence-corrected chi connectivity index (χ3v) is 5.90. The first kappa shape index (κ1) is 28.5. The predicted octanol–water partition coefficient (Wildman–Crippen LogP) is 3.62. The molecule has 212 valence electrons. The number of H-pyrrole nitrogens is 1. The van der Waals surface area contributed by atoms with E-state index in [1.807, 2.05) is 0 Å². The van der Waals surface area contributed by atoms with Crippen molar-refractivity contribution in [1.82, 2.24) is 24.8 Å². The summed E-state index contributed by atoms with van der Waals surface area (Å²) in [6.07, 6.45) is 0. The van der Waals surface area contributed by atoms with Crippen LogP contribution < -0.4 is 30.0 Å². The Balaban J connectivity index is 1.84. The Morgan fingerprint density at radius 3 is 2.52 bits per heavy atom. The number of nitrogens with zero attached hydrogens (tertiary/aromatic N) is 3. The maximum atomic E-state index is 14.6. The number of carbonyl (C=O) groups excluding carboxylic acids is 1. The van der Waals surface area contributed by atoms with Gasteiger partial charge in [-0.25, -0.2) is 27.5 Å². The lowest BCUT2D eigenvalue weighted by atomic mass is 10.2. The molecule has 0 radical (unpaired) electrons. The average molecular weight is 582 g/mol. The highest BCUT2D eigenvalue weighted by Crippen LogP contribution is 2.37. The molecule has 0 bridgehead atoms. The first-order chi connectivity index (χ1) is 19.2. The summed E-state index contributed by atoms with van der Waals surface area (Å²) >= 11 is 6.51. The number of hydrogen-bond donors (Lipinski definition) is 2. The van der Waals surface area contributed by atoms with E-state index in [1.54, 1.807) is 6.92 Å². The number of aromatic amines is 1. The van der Waals surface area contributed by atoms with Crippen LogP contribution in [0.15, 0.2) is 29.1 Å². The zero-order valence-electron chi connectivity index (χ0n) is 21.4. The highest BCUT2D eigenvalue weighted by molar-refractivity contribution is 6.32. The summed E-state index contributed by atoms with van der Waals surface area (Å²) in [5.41, 5.74) is -0.920. The molecule has 11 nitrogen and oxygen atoms in total. The first-order valence-electron chi connectivity index (χ1n) is 11.7. The molecule has 0 aliphatic carbocycles. The van der Waals surface area contributed by atoms with Gasteiger partial charge in [0.05, 0.1) is 30.5 Å². The van der Waals surface area contributed by atoms with Gasteiger partial charge in [0, 0.05) is 18.7 Å². The number of alkyl halides is 1. The van der Waals surface area contributed by atoms with Crippen molar-refractivity contribution in [3.05, 3.63) is 62.8 Å². The van der Waals surface area contributed by atoms with Gasteiger partial charge in [0.1, 0.15) is 24.5 Å². The number of carbonyl (C=O) groups is 1. The van der Waals surface area contributed by atoms with Gasteiger partial charge in [-0.3, -0.25) is 9.78 Å². The Morgan fingerprint density at radius 2 is 1.85 bits per heavy atom. The summed E-state index contributed by atoms with van der Waals surface area (Å²) in [6.45, 7) is 0.0940. The molecule has 0 fully saturated rings. The van der Waals surface area contributed by atoms with Gasteiger partial charge in [-0.15, -0.1) is 0 Å².